The van der Waals surface area contributed by atoms with E-state index in [0.29, 0.717) is 18.4 Å². The summed E-state index contributed by atoms with van der Waals surface area (Å²) in [7, 11) is 3.51. The molecule has 3 unspecified atom stereocenters. The van der Waals surface area contributed by atoms with Crippen LogP contribution in [0.25, 0.3) is 0 Å². The molecule has 0 spiro atoms. The zero-order chi connectivity index (χ0) is 15.4. The molecule has 2 heterocycles. The number of carbonyl (C=O) groups excluding carboxylic acids is 1. The van der Waals surface area contributed by atoms with Crippen LogP contribution in [0.2, 0.25) is 0 Å². The fraction of sp³-hybridized carbons (Fsp3) is 0.867. The van der Waals surface area contributed by atoms with Crippen LogP contribution in [-0.2, 0) is 9.53 Å². The van der Waals surface area contributed by atoms with Crippen LogP contribution in [0.4, 0.5) is 0 Å². The number of amides is 1. The highest BCUT2D eigenvalue weighted by molar-refractivity contribution is 14.0. The quantitative estimate of drug-likeness (QED) is 0.421. The summed E-state index contributed by atoms with van der Waals surface area (Å²) < 4.78 is 5.77. The van der Waals surface area contributed by atoms with Crippen LogP contribution in [0, 0.1) is 5.92 Å². The monoisotopic (exact) mass is 424 g/mol. The number of piperidine rings is 1. The molecule has 0 radical (unpaired) electrons. The van der Waals surface area contributed by atoms with Crippen LogP contribution in [0.15, 0.2) is 4.99 Å². The minimum atomic E-state index is -0.309. The standard InChI is InChI=1S/C15H28N4O2.HI/c1-11-5-4-8-19(10-11)15(16)17-9-12-6-7-13(21-12)14(20)18(2)3;/h11-13H,4-10H2,1-3H3,(H2,16,17);1H. The molecule has 2 aliphatic heterocycles. The predicted octanol–water partition coefficient (Wildman–Crippen LogP) is 1.29. The van der Waals surface area contributed by atoms with Crippen molar-refractivity contribution in [3.05, 3.63) is 0 Å². The Morgan fingerprint density at radius 1 is 1.36 bits per heavy atom. The van der Waals surface area contributed by atoms with Gasteiger partial charge in [0, 0.05) is 27.2 Å². The maximum atomic E-state index is 11.8. The van der Waals surface area contributed by atoms with Gasteiger partial charge in [-0.25, -0.2) is 0 Å². The van der Waals surface area contributed by atoms with Crippen molar-refractivity contribution in [3.63, 3.8) is 0 Å². The molecule has 2 N–H and O–H groups in total. The zero-order valence-electron chi connectivity index (χ0n) is 13.8. The molecule has 0 aromatic carbocycles. The molecule has 22 heavy (non-hydrogen) atoms. The van der Waals surface area contributed by atoms with Gasteiger partial charge in [-0.3, -0.25) is 9.79 Å². The molecule has 0 bridgehead atoms. The van der Waals surface area contributed by atoms with E-state index in [9.17, 15) is 4.79 Å². The summed E-state index contributed by atoms with van der Waals surface area (Å²) in [5.41, 5.74) is 6.08. The molecule has 0 saturated carbocycles. The topological polar surface area (TPSA) is 71.2 Å². The van der Waals surface area contributed by atoms with Gasteiger partial charge >= 0.3 is 0 Å². The van der Waals surface area contributed by atoms with Crippen molar-refractivity contribution in [2.45, 2.75) is 44.8 Å². The van der Waals surface area contributed by atoms with E-state index in [1.165, 1.54) is 12.8 Å². The van der Waals surface area contributed by atoms with Crippen molar-refractivity contribution >= 4 is 35.8 Å². The molecule has 1 amide bonds. The fourth-order valence-electron chi connectivity index (χ4n) is 3.00. The SMILES string of the molecule is CC1CCCN(C(N)=NCC2CCC(C(=O)N(C)C)O2)C1.I. The van der Waals surface area contributed by atoms with Crippen LogP contribution in [0.5, 0.6) is 0 Å². The highest BCUT2D eigenvalue weighted by Gasteiger charge is 2.31. The third-order valence-electron chi connectivity index (χ3n) is 4.26. The number of hydrogen-bond donors (Lipinski definition) is 1. The number of ether oxygens (including phenoxy) is 1. The second-order valence-electron chi connectivity index (χ2n) is 6.45. The normalized spacial score (nSPS) is 29.1. The molecule has 2 saturated heterocycles. The first kappa shape index (κ1) is 19.5. The molecule has 0 aromatic heterocycles. The van der Waals surface area contributed by atoms with E-state index in [1.54, 1.807) is 19.0 Å². The lowest BCUT2D eigenvalue weighted by molar-refractivity contribution is -0.140. The average molecular weight is 424 g/mol. The lowest BCUT2D eigenvalue weighted by Crippen LogP contribution is -2.43. The Morgan fingerprint density at radius 3 is 2.73 bits per heavy atom. The van der Waals surface area contributed by atoms with Crippen LogP contribution >= 0.6 is 24.0 Å². The minimum Gasteiger partial charge on any atom is -0.370 e. The second kappa shape index (κ2) is 8.90. The van der Waals surface area contributed by atoms with Gasteiger partial charge in [-0.05, 0) is 31.6 Å². The lowest BCUT2D eigenvalue weighted by Gasteiger charge is -2.31. The van der Waals surface area contributed by atoms with Gasteiger partial charge in [0.05, 0.1) is 12.6 Å². The summed E-state index contributed by atoms with van der Waals surface area (Å²) in [5.74, 6) is 1.34. The number of likely N-dealkylation sites (tertiary alicyclic amines) is 1. The average Bonchev–Trinajstić information content (AvgIpc) is 2.92. The van der Waals surface area contributed by atoms with Gasteiger partial charge in [-0.15, -0.1) is 24.0 Å². The van der Waals surface area contributed by atoms with Crippen LogP contribution in [0.3, 0.4) is 0 Å². The first-order chi connectivity index (χ1) is 9.97. The summed E-state index contributed by atoms with van der Waals surface area (Å²) in [4.78, 5) is 20.1. The van der Waals surface area contributed by atoms with E-state index < -0.39 is 0 Å². The molecular formula is C15H29IN4O2. The van der Waals surface area contributed by atoms with Crippen molar-refractivity contribution in [1.82, 2.24) is 9.80 Å². The Labute approximate surface area is 150 Å². The largest absolute Gasteiger partial charge is 0.370 e. The van der Waals surface area contributed by atoms with Crippen LogP contribution in [0.1, 0.15) is 32.6 Å². The number of hydrogen-bond acceptors (Lipinski definition) is 3. The van der Waals surface area contributed by atoms with Gasteiger partial charge in [0.1, 0.15) is 6.10 Å². The summed E-state index contributed by atoms with van der Waals surface area (Å²) >= 11 is 0. The third-order valence-corrected chi connectivity index (χ3v) is 4.26. The van der Waals surface area contributed by atoms with Gasteiger partial charge in [-0.2, -0.15) is 0 Å². The predicted molar refractivity (Wildman–Crippen MR) is 98.5 cm³/mol. The van der Waals surface area contributed by atoms with Gasteiger partial charge in [-0.1, -0.05) is 6.92 Å². The smallest absolute Gasteiger partial charge is 0.251 e. The van der Waals surface area contributed by atoms with E-state index in [0.717, 1.165) is 25.9 Å². The van der Waals surface area contributed by atoms with Gasteiger partial charge in [0.15, 0.2) is 5.96 Å². The first-order valence-electron chi connectivity index (χ1n) is 7.89. The maximum absolute atomic E-state index is 11.8. The maximum Gasteiger partial charge on any atom is 0.251 e. The lowest BCUT2D eigenvalue weighted by atomic mass is 10.0. The van der Waals surface area contributed by atoms with Crippen molar-refractivity contribution in [2.24, 2.45) is 16.6 Å². The Morgan fingerprint density at radius 2 is 2.09 bits per heavy atom. The molecular weight excluding hydrogens is 395 g/mol. The van der Waals surface area contributed by atoms with Gasteiger partial charge in [0.2, 0.25) is 0 Å². The number of guanidine groups is 1. The van der Waals surface area contributed by atoms with E-state index in [4.69, 9.17) is 10.5 Å². The molecule has 2 aliphatic rings. The fourth-order valence-corrected chi connectivity index (χ4v) is 3.00. The molecule has 3 atom stereocenters. The van der Waals surface area contributed by atoms with Crippen molar-refractivity contribution in [1.29, 1.82) is 0 Å². The Hall–Kier alpha value is -0.570. The van der Waals surface area contributed by atoms with Crippen molar-refractivity contribution in [3.8, 4) is 0 Å². The van der Waals surface area contributed by atoms with E-state index >= 15 is 0 Å². The molecule has 2 fully saturated rings. The first-order valence-corrected chi connectivity index (χ1v) is 7.89. The number of nitrogens with two attached hydrogens (primary N) is 1. The summed E-state index contributed by atoms with van der Waals surface area (Å²) in [6.07, 6.45) is 3.80. The number of carbonyl (C=O) groups is 1. The third kappa shape index (κ3) is 5.26. The number of aliphatic imine (C=N–C) groups is 1. The molecule has 0 aliphatic carbocycles. The number of rotatable bonds is 3. The van der Waals surface area contributed by atoms with Gasteiger partial charge < -0.3 is 20.3 Å². The zero-order valence-corrected chi connectivity index (χ0v) is 16.2. The summed E-state index contributed by atoms with van der Waals surface area (Å²) in [6, 6.07) is 0. The number of halogens is 1. The Kier molecular flexibility index (Phi) is 7.88. The highest BCUT2D eigenvalue weighted by atomic mass is 127. The van der Waals surface area contributed by atoms with E-state index in [1.807, 2.05) is 0 Å². The molecule has 6 nitrogen and oxygen atoms in total. The second-order valence-corrected chi connectivity index (χ2v) is 6.45. The number of likely N-dealkylation sites (N-methyl/N-ethyl adjacent to an activating group) is 1. The highest BCUT2D eigenvalue weighted by Crippen LogP contribution is 2.21. The van der Waals surface area contributed by atoms with Crippen molar-refractivity contribution in [2.75, 3.05) is 33.7 Å². The van der Waals surface area contributed by atoms with E-state index in [-0.39, 0.29) is 42.1 Å². The van der Waals surface area contributed by atoms with Crippen LogP contribution in [-0.4, -0.2) is 67.6 Å². The minimum absolute atomic E-state index is 0. The van der Waals surface area contributed by atoms with Crippen molar-refractivity contribution < 1.29 is 9.53 Å². The van der Waals surface area contributed by atoms with E-state index in [2.05, 4.69) is 16.8 Å². The Balaban J connectivity index is 0.00000242. The van der Waals surface area contributed by atoms with Crippen LogP contribution < -0.4 is 5.73 Å². The molecule has 2 rings (SSSR count). The summed E-state index contributed by atoms with van der Waals surface area (Å²) in [6.45, 7) is 4.78. The molecule has 7 heteroatoms. The summed E-state index contributed by atoms with van der Waals surface area (Å²) in [5, 5.41) is 0. The number of nitrogens with zero attached hydrogens (tertiary/aromatic N) is 3. The Bertz CT molecular complexity index is 403. The molecule has 128 valence electrons. The van der Waals surface area contributed by atoms with Gasteiger partial charge in [0.25, 0.3) is 5.91 Å². The molecule has 0 aromatic rings.